The van der Waals surface area contributed by atoms with E-state index in [1.54, 1.807) is 7.11 Å². The SMILES string of the molecule is COc1cccc(C(=S)NC[C@H]2CCCO2)c1OCc1ccc(Br)cc1. The first-order valence-corrected chi connectivity index (χ1v) is 9.81. The molecule has 0 spiro atoms. The normalized spacial score (nSPS) is 16.3. The summed E-state index contributed by atoms with van der Waals surface area (Å²) < 4.78 is 18.2. The fraction of sp³-hybridized carbons (Fsp3) is 0.350. The van der Waals surface area contributed by atoms with Crippen molar-refractivity contribution in [2.24, 2.45) is 0 Å². The van der Waals surface area contributed by atoms with Crippen molar-refractivity contribution in [2.75, 3.05) is 20.3 Å². The fourth-order valence-electron chi connectivity index (χ4n) is 2.85. The van der Waals surface area contributed by atoms with Crippen molar-refractivity contribution in [3.8, 4) is 11.5 Å². The van der Waals surface area contributed by atoms with Crippen LogP contribution in [0.4, 0.5) is 0 Å². The molecule has 0 aromatic heterocycles. The summed E-state index contributed by atoms with van der Waals surface area (Å²) in [5.41, 5.74) is 1.90. The summed E-state index contributed by atoms with van der Waals surface area (Å²) >= 11 is 9.03. The summed E-state index contributed by atoms with van der Waals surface area (Å²) in [5.74, 6) is 1.32. The molecule has 1 aliphatic rings. The third kappa shape index (κ3) is 4.96. The Balaban J connectivity index is 1.72. The molecule has 138 valence electrons. The number of rotatable bonds is 7. The second-order valence-electron chi connectivity index (χ2n) is 6.10. The topological polar surface area (TPSA) is 39.7 Å². The molecule has 26 heavy (non-hydrogen) atoms. The minimum atomic E-state index is 0.227. The van der Waals surface area contributed by atoms with Gasteiger partial charge >= 0.3 is 0 Å². The first-order valence-electron chi connectivity index (χ1n) is 8.61. The molecular weight excluding hydrogens is 414 g/mol. The number of methoxy groups -OCH3 is 1. The molecule has 2 aromatic carbocycles. The maximum absolute atomic E-state index is 6.08. The van der Waals surface area contributed by atoms with Gasteiger partial charge in [-0.3, -0.25) is 0 Å². The Morgan fingerprint density at radius 2 is 2.08 bits per heavy atom. The molecule has 0 radical (unpaired) electrons. The highest BCUT2D eigenvalue weighted by molar-refractivity contribution is 9.10. The van der Waals surface area contributed by atoms with Crippen LogP contribution in [0.5, 0.6) is 11.5 Å². The van der Waals surface area contributed by atoms with Gasteiger partial charge in [-0.1, -0.05) is 46.3 Å². The highest BCUT2D eigenvalue weighted by Crippen LogP contribution is 2.32. The summed E-state index contributed by atoms with van der Waals surface area (Å²) in [7, 11) is 1.63. The van der Waals surface area contributed by atoms with Gasteiger partial charge in [0.1, 0.15) is 11.6 Å². The predicted molar refractivity (Wildman–Crippen MR) is 110 cm³/mol. The number of thiocarbonyl (C=S) groups is 1. The van der Waals surface area contributed by atoms with Gasteiger partial charge in [-0.05, 0) is 42.7 Å². The number of halogens is 1. The van der Waals surface area contributed by atoms with E-state index in [-0.39, 0.29) is 6.10 Å². The van der Waals surface area contributed by atoms with Gasteiger partial charge in [-0.2, -0.15) is 0 Å². The van der Waals surface area contributed by atoms with E-state index in [2.05, 4.69) is 21.2 Å². The van der Waals surface area contributed by atoms with E-state index in [9.17, 15) is 0 Å². The highest BCUT2D eigenvalue weighted by atomic mass is 79.9. The van der Waals surface area contributed by atoms with Gasteiger partial charge in [-0.25, -0.2) is 0 Å². The van der Waals surface area contributed by atoms with Crippen LogP contribution >= 0.6 is 28.1 Å². The first-order chi connectivity index (χ1) is 12.7. The predicted octanol–water partition coefficient (Wildman–Crippen LogP) is 4.48. The minimum absolute atomic E-state index is 0.227. The molecule has 2 aromatic rings. The van der Waals surface area contributed by atoms with Crippen LogP contribution in [0.3, 0.4) is 0 Å². The van der Waals surface area contributed by atoms with Crippen LogP contribution in [0.2, 0.25) is 0 Å². The Hall–Kier alpha value is -1.63. The molecule has 6 heteroatoms. The third-order valence-corrected chi connectivity index (χ3v) is 5.15. The van der Waals surface area contributed by atoms with Crippen molar-refractivity contribution in [1.29, 1.82) is 0 Å². The van der Waals surface area contributed by atoms with Gasteiger partial charge in [0.25, 0.3) is 0 Å². The summed E-state index contributed by atoms with van der Waals surface area (Å²) in [4.78, 5) is 0.644. The van der Waals surface area contributed by atoms with Crippen molar-refractivity contribution in [3.05, 3.63) is 58.1 Å². The molecule has 0 amide bonds. The van der Waals surface area contributed by atoms with Gasteiger partial charge in [0, 0.05) is 17.6 Å². The van der Waals surface area contributed by atoms with Crippen molar-refractivity contribution in [2.45, 2.75) is 25.6 Å². The van der Waals surface area contributed by atoms with E-state index in [1.807, 2.05) is 42.5 Å². The smallest absolute Gasteiger partial charge is 0.171 e. The van der Waals surface area contributed by atoms with E-state index >= 15 is 0 Å². The van der Waals surface area contributed by atoms with Crippen LogP contribution in [-0.4, -0.2) is 31.4 Å². The van der Waals surface area contributed by atoms with Crippen LogP contribution in [0, 0.1) is 0 Å². The molecule has 1 saturated heterocycles. The zero-order chi connectivity index (χ0) is 18.4. The van der Waals surface area contributed by atoms with Crippen LogP contribution < -0.4 is 14.8 Å². The van der Waals surface area contributed by atoms with Crippen molar-refractivity contribution < 1.29 is 14.2 Å². The summed E-state index contributed by atoms with van der Waals surface area (Å²) in [6.07, 6.45) is 2.41. The van der Waals surface area contributed by atoms with Crippen LogP contribution in [0.25, 0.3) is 0 Å². The lowest BCUT2D eigenvalue weighted by Gasteiger charge is -2.18. The molecule has 1 fully saturated rings. The molecule has 1 N–H and O–H groups in total. The van der Waals surface area contributed by atoms with E-state index < -0.39 is 0 Å². The van der Waals surface area contributed by atoms with Crippen molar-refractivity contribution >= 4 is 33.1 Å². The largest absolute Gasteiger partial charge is 0.493 e. The molecule has 0 saturated carbocycles. The number of benzene rings is 2. The van der Waals surface area contributed by atoms with Crippen LogP contribution in [0.1, 0.15) is 24.0 Å². The molecule has 1 aliphatic heterocycles. The lowest BCUT2D eigenvalue weighted by Crippen LogP contribution is -2.31. The Kier molecular flexibility index (Phi) is 6.88. The highest BCUT2D eigenvalue weighted by Gasteiger charge is 2.18. The zero-order valence-electron chi connectivity index (χ0n) is 14.7. The standard InChI is InChI=1S/C20H22BrNO3S/c1-23-18-6-2-5-17(20(26)22-12-16-4-3-11-24-16)19(18)25-13-14-7-9-15(21)10-8-14/h2,5-10,16H,3-4,11-13H2,1H3,(H,22,26)/t16-/m1/s1. The Bertz CT molecular complexity index is 745. The first kappa shape index (κ1) is 19.1. The molecule has 1 heterocycles. The average molecular weight is 436 g/mol. The van der Waals surface area contributed by atoms with Crippen LogP contribution in [-0.2, 0) is 11.3 Å². The minimum Gasteiger partial charge on any atom is -0.493 e. The second kappa shape index (κ2) is 9.35. The van der Waals surface area contributed by atoms with E-state index in [0.717, 1.165) is 35.0 Å². The monoisotopic (exact) mass is 435 g/mol. The van der Waals surface area contributed by atoms with E-state index in [4.69, 9.17) is 26.4 Å². The Labute approximate surface area is 168 Å². The fourth-order valence-corrected chi connectivity index (χ4v) is 3.36. The van der Waals surface area contributed by atoms with Gasteiger partial charge < -0.3 is 19.5 Å². The molecule has 1 atom stereocenters. The average Bonchev–Trinajstić information content (AvgIpc) is 3.19. The molecular formula is C20H22BrNO3S. The Morgan fingerprint density at radius 3 is 2.77 bits per heavy atom. The molecule has 3 rings (SSSR count). The number of hydrogen-bond donors (Lipinski definition) is 1. The van der Waals surface area contributed by atoms with Gasteiger partial charge in [0.05, 0.1) is 18.8 Å². The lowest BCUT2D eigenvalue weighted by molar-refractivity contribution is 0.114. The summed E-state index contributed by atoms with van der Waals surface area (Å²) in [5, 5.41) is 3.30. The molecule has 0 bridgehead atoms. The molecule has 0 unspecified atom stereocenters. The lowest BCUT2D eigenvalue weighted by atomic mass is 10.1. The van der Waals surface area contributed by atoms with Crippen molar-refractivity contribution in [1.82, 2.24) is 5.32 Å². The molecule has 0 aliphatic carbocycles. The van der Waals surface area contributed by atoms with Crippen molar-refractivity contribution in [3.63, 3.8) is 0 Å². The van der Waals surface area contributed by atoms with Crippen LogP contribution in [0.15, 0.2) is 46.9 Å². The van der Waals surface area contributed by atoms with Gasteiger partial charge in [0.15, 0.2) is 11.5 Å². The van der Waals surface area contributed by atoms with Gasteiger partial charge in [0.2, 0.25) is 0 Å². The summed E-state index contributed by atoms with van der Waals surface area (Å²) in [6, 6.07) is 13.8. The number of nitrogens with one attached hydrogen (secondary N) is 1. The van der Waals surface area contributed by atoms with Gasteiger partial charge in [-0.15, -0.1) is 0 Å². The van der Waals surface area contributed by atoms with E-state index in [1.165, 1.54) is 0 Å². The second-order valence-corrected chi connectivity index (χ2v) is 7.42. The number of ether oxygens (including phenoxy) is 3. The quantitative estimate of drug-likeness (QED) is 0.649. The maximum Gasteiger partial charge on any atom is 0.171 e. The summed E-state index contributed by atoms with van der Waals surface area (Å²) in [6.45, 7) is 1.98. The number of hydrogen-bond acceptors (Lipinski definition) is 4. The maximum atomic E-state index is 6.08. The Morgan fingerprint density at radius 1 is 1.27 bits per heavy atom. The number of para-hydroxylation sites is 1. The zero-order valence-corrected chi connectivity index (χ0v) is 17.1. The third-order valence-electron chi connectivity index (χ3n) is 4.25. The van der Waals surface area contributed by atoms with E-state index in [0.29, 0.717) is 29.6 Å². The molecule has 4 nitrogen and oxygen atoms in total.